The molecular formula is C28H24BClF3N7. The molecule has 1 unspecified atom stereocenters. The van der Waals surface area contributed by atoms with Crippen molar-refractivity contribution in [2.45, 2.75) is 50.0 Å². The van der Waals surface area contributed by atoms with E-state index in [9.17, 15) is 18.4 Å². The van der Waals surface area contributed by atoms with Crippen LogP contribution in [0.25, 0.3) is 10.9 Å². The number of hydrogen-bond donors (Lipinski definition) is 2. The van der Waals surface area contributed by atoms with Gasteiger partial charge in [0.25, 0.3) is 0 Å². The van der Waals surface area contributed by atoms with E-state index in [2.05, 4.69) is 32.0 Å². The molecule has 12 heteroatoms. The minimum Gasteiger partial charge on any atom is -0.383 e. The van der Waals surface area contributed by atoms with Gasteiger partial charge in [0.2, 0.25) is 5.92 Å². The van der Waals surface area contributed by atoms with E-state index in [4.69, 9.17) is 19.4 Å². The molecule has 2 N–H and O–H groups in total. The third-order valence-corrected chi connectivity index (χ3v) is 7.87. The smallest absolute Gasteiger partial charge is 0.249 e. The molecule has 2 saturated carbocycles. The summed E-state index contributed by atoms with van der Waals surface area (Å²) >= 11 is 6.66. The van der Waals surface area contributed by atoms with Crippen molar-refractivity contribution in [3.8, 4) is 6.07 Å². The molecular weight excluding hydrogens is 538 g/mol. The van der Waals surface area contributed by atoms with Crippen LogP contribution in [0.1, 0.15) is 55.5 Å². The molecule has 2 radical (unpaired) electrons. The normalized spacial score (nSPS) is 18.9. The second-order valence-corrected chi connectivity index (χ2v) is 11.5. The van der Waals surface area contributed by atoms with Gasteiger partial charge in [-0.25, -0.2) is 17.9 Å². The highest BCUT2D eigenvalue weighted by atomic mass is 35.5. The van der Waals surface area contributed by atoms with Crippen LogP contribution in [0.4, 0.5) is 24.5 Å². The summed E-state index contributed by atoms with van der Waals surface area (Å²) in [5.74, 6) is -3.09. The Kier molecular flexibility index (Phi) is 6.22. The van der Waals surface area contributed by atoms with E-state index in [1.54, 1.807) is 42.1 Å². The molecule has 2 aliphatic rings. The molecule has 0 saturated heterocycles. The van der Waals surface area contributed by atoms with E-state index in [-0.39, 0.29) is 36.0 Å². The number of nitrogens with zero attached hydrogens (tertiary/aromatic N) is 5. The van der Waals surface area contributed by atoms with Gasteiger partial charge >= 0.3 is 0 Å². The van der Waals surface area contributed by atoms with Gasteiger partial charge in [-0.2, -0.15) is 5.26 Å². The largest absolute Gasteiger partial charge is 0.383 e. The Balaban J connectivity index is 1.41. The van der Waals surface area contributed by atoms with Crippen molar-refractivity contribution in [3.05, 3.63) is 76.5 Å². The topological polar surface area (TPSA) is 91.5 Å². The maximum absolute atomic E-state index is 13.8. The Bertz CT molecular complexity index is 1640. The van der Waals surface area contributed by atoms with E-state index in [0.29, 0.717) is 33.5 Å². The number of anilines is 2. The third kappa shape index (κ3) is 4.85. The second-order valence-electron chi connectivity index (χ2n) is 11.1. The molecule has 1 atom stereocenters. The molecule has 2 aliphatic carbocycles. The number of nitriles is 1. The van der Waals surface area contributed by atoms with E-state index < -0.39 is 22.6 Å². The first-order chi connectivity index (χ1) is 19.0. The molecule has 40 heavy (non-hydrogen) atoms. The van der Waals surface area contributed by atoms with Crippen molar-refractivity contribution in [1.29, 1.82) is 5.26 Å². The first-order valence-electron chi connectivity index (χ1n) is 12.9. The van der Waals surface area contributed by atoms with Crippen LogP contribution in [0.3, 0.4) is 0 Å². The van der Waals surface area contributed by atoms with E-state index >= 15 is 0 Å². The Morgan fingerprint density at radius 3 is 2.60 bits per heavy atom. The molecule has 0 spiro atoms. The number of benzene rings is 2. The van der Waals surface area contributed by atoms with Gasteiger partial charge in [-0.3, -0.25) is 4.98 Å². The first kappa shape index (κ1) is 26.4. The summed E-state index contributed by atoms with van der Waals surface area (Å²) < 4.78 is 42.8. The lowest BCUT2D eigenvalue weighted by Gasteiger charge is -2.45. The summed E-state index contributed by atoms with van der Waals surface area (Å²) in [6.45, 7) is 2.03. The number of aromatic nitrogens is 4. The van der Waals surface area contributed by atoms with Crippen LogP contribution in [0.5, 0.6) is 0 Å². The second kappa shape index (κ2) is 9.41. The summed E-state index contributed by atoms with van der Waals surface area (Å²) in [6, 6.07) is 11.5. The molecule has 0 bridgehead atoms. The predicted octanol–water partition coefficient (Wildman–Crippen LogP) is 6.15. The molecule has 6 rings (SSSR count). The number of hydrogen-bond acceptors (Lipinski definition) is 6. The average Bonchev–Trinajstić information content (AvgIpc) is 3.62. The zero-order valence-electron chi connectivity index (χ0n) is 21.6. The van der Waals surface area contributed by atoms with Crippen LogP contribution in [-0.4, -0.2) is 40.3 Å². The van der Waals surface area contributed by atoms with Crippen LogP contribution < -0.4 is 10.6 Å². The van der Waals surface area contributed by atoms with Gasteiger partial charge in [0.15, 0.2) is 0 Å². The van der Waals surface area contributed by atoms with Crippen molar-refractivity contribution in [2.24, 2.45) is 5.41 Å². The van der Waals surface area contributed by atoms with Crippen LogP contribution >= 0.6 is 11.6 Å². The predicted molar refractivity (Wildman–Crippen MR) is 147 cm³/mol. The Hall–Kier alpha value is -3.78. The molecule has 2 aromatic carbocycles. The number of rotatable bonds is 8. The van der Waals surface area contributed by atoms with Crippen molar-refractivity contribution >= 4 is 41.7 Å². The highest BCUT2D eigenvalue weighted by Crippen LogP contribution is 2.52. The maximum Gasteiger partial charge on any atom is 0.249 e. The molecule has 7 nitrogen and oxygen atoms in total. The Morgan fingerprint density at radius 2 is 1.95 bits per heavy atom. The van der Waals surface area contributed by atoms with E-state index in [0.717, 1.165) is 12.8 Å². The van der Waals surface area contributed by atoms with Crippen molar-refractivity contribution in [3.63, 3.8) is 0 Å². The van der Waals surface area contributed by atoms with Crippen molar-refractivity contribution in [2.75, 3.05) is 17.2 Å². The lowest BCUT2D eigenvalue weighted by Crippen LogP contribution is -2.47. The zero-order chi connectivity index (χ0) is 28.3. The highest BCUT2D eigenvalue weighted by molar-refractivity contribution is 6.36. The SMILES string of the molecule is [B]C(Nc1cc(Cl)c2ncc(C#N)c(NCC3(C)CC(F)(F)C3)c2c1)(c1ccc(F)cc1)c1cn(C2CC2)nn1. The summed E-state index contributed by atoms with van der Waals surface area (Å²) in [6.07, 6.45) is 4.72. The number of nitrogens with one attached hydrogen (secondary N) is 2. The third-order valence-electron chi connectivity index (χ3n) is 7.58. The standard InChI is InChI=1S/C28H24BClF3N7/c1-26(13-27(32,33)14-26)15-36-24-16(10-34)11-35-25-21(24)8-19(9-22(25)30)37-28(29,17-2-4-18(31)5-3-17)23-12-40(39-38-23)20-6-7-20/h2-5,8-9,11-12,20,37H,6-7,13-15H2,1H3,(H,35,36). The van der Waals surface area contributed by atoms with Crippen molar-refractivity contribution < 1.29 is 13.2 Å². The number of fused-ring (bicyclic) bond motifs is 1. The lowest BCUT2D eigenvalue weighted by atomic mass is 9.67. The summed E-state index contributed by atoms with van der Waals surface area (Å²) in [7, 11) is 6.96. The molecule has 2 fully saturated rings. The van der Waals surface area contributed by atoms with Crippen molar-refractivity contribution in [1.82, 2.24) is 20.0 Å². The Morgan fingerprint density at radius 1 is 1.23 bits per heavy atom. The van der Waals surface area contributed by atoms with Gasteiger partial charge in [0.05, 0.1) is 39.5 Å². The van der Waals surface area contributed by atoms with Gasteiger partial charge in [0, 0.05) is 36.7 Å². The minimum absolute atomic E-state index is 0.236. The first-order valence-corrected chi connectivity index (χ1v) is 13.3. The molecule has 4 aromatic rings. The summed E-state index contributed by atoms with van der Waals surface area (Å²) in [5, 5.41) is 25.7. The average molecular weight is 562 g/mol. The molecule has 0 aliphatic heterocycles. The zero-order valence-corrected chi connectivity index (χ0v) is 22.3. The van der Waals surface area contributed by atoms with E-state index in [1.807, 2.05) is 0 Å². The van der Waals surface area contributed by atoms with Gasteiger partial charge in [0.1, 0.15) is 25.4 Å². The molecule has 2 heterocycles. The fraction of sp³-hybridized carbons (Fsp3) is 0.357. The van der Waals surface area contributed by atoms with Crippen LogP contribution in [0.15, 0.2) is 48.8 Å². The van der Waals surface area contributed by atoms with Gasteiger partial charge in [-0.1, -0.05) is 35.9 Å². The van der Waals surface area contributed by atoms with Gasteiger partial charge in [-0.05, 0) is 48.1 Å². The summed E-state index contributed by atoms with van der Waals surface area (Å²) in [5.41, 5.74) is 0.523. The fourth-order valence-electron chi connectivity index (χ4n) is 5.43. The number of halogens is 4. The van der Waals surface area contributed by atoms with Gasteiger partial charge < -0.3 is 10.6 Å². The number of alkyl halides is 2. The molecule has 2 aromatic heterocycles. The highest BCUT2D eigenvalue weighted by Gasteiger charge is 2.53. The van der Waals surface area contributed by atoms with Crippen LogP contribution in [0.2, 0.25) is 5.02 Å². The monoisotopic (exact) mass is 561 g/mol. The quantitative estimate of drug-likeness (QED) is 0.251. The maximum atomic E-state index is 13.8. The van der Waals surface area contributed by atoms with E-state index in [1.165, 1.54) is 18.3 Å². The lowest BCUT2D eigenvalue weighted by molar-refractivity contribution is -0.148. The van der Waals surface area contributed by atoms with Gasteiger partial charge in [-0.15, -0.1) is 5.10 Å². The van der Waals surface area contributed by atoms with Crippen LogP contribution in [-0.2, 0) is 5.44 Å². The minimum atomic E-state index is -2.68. The Labute approximate surface area is 235 Å². The molecule has 0 amide bonds. The van der Waals surface area contributed by atoms with Crippen LogP contribution in [0, 0.1) is 22.6 Å². The summed E-state index contributed by atoms with van der Waals surface area (Å²) in [4.78, 5) is 4.37. The number of pyridine rings is 1. The fourth-order valence-corrected chi connectivity index (χ4v) is 5.70. The molecule has 202 valence electrons.